The predicted octanol–water partition coefficient (Wildman–Crippen LogP) is 2.09. The van der Waals surface area contributed by atoms with Crippen LogP contribution in [0.5, 0.6) is 0 Å². The van der Waals surface area contributed by atoms with Gasteiger partial charge in [0.25, 0.3) is 0 Å². The van der Waals surface area contributed by atoms with E-state index in [0.29, 0.717) is 19.0 Å². The molecule has 0 aromatic carbocycles. The van der Waals surface area contributed by atoms with Crippen LogP contribution < -0.4 is 4.90 Å². The van der Waals surface area contributed by atoms with E-state index in [1.54, 1.807) is 0 Å². The minimum atomic E-state index is -0.611. The largest absolute Gasteiger partial charge is 0.387 e. The van der Waals surface area contributed by atoms with Crippen LogP contribution in [0.2, 0.25) is 0 Å². The molecule has 0 bridgehead atoms. The quantitative estimate of drug-likeness (QED) is 0.923. The van der Waals surface area contributed by atoms with Gasteiger partial charge in [-0.2, -0.15) is 4.37 Å². The number of hydrogen-bond acceptors (Lipinski definition) is 6. The molecule has 0 amide bonds. The van der Waals surface area contributed by atoms with Crippen molar-refractivity contribution in [3.63, 3.8) is 0 Å². The molecule has 1 aromatic heterocycles. The molecule has 2 heterocycles. The first kappa shape index (κ1) is 15.2. The lowest BCUT2D eigenvalue weighted by Gasteiger charge is -2.26. The Morgan fingerprint density at radius 2 is 2.10 bits per heavy atom. The van der Waals surface area contributed by atoms with Crippen LogP contribution in [0.4, 0.5) is 5.13 Å². The van der Waals surface area contributed by atoms with Crippen molar-refractivity contribution in [2.45, 2.75) is 50.0 Å². The van der Waals surface area contributed by atoms with E-state index in [1.807, 2.05) is 14.1 Å². The molecule has 6 heteroatoms. The third-order valence-corrected chi connectivity index (χ3v) is 5.41. The van der Waals surface area contributed by atoms with Gasteiger partial charge < -0.3 is 14.9 Å². The number of aromatic nitrogens is 2. The highest BCUT2D eigenvalue weighted by molar-refractivity contribution is 7.09. The third-order valence-electron chi connectivity index (χ3n) is 4.61. The number of anilines is 1. The van der Waals surface area contributed by atoms with Crippen molar-refractivity contribution in [1.82, 2.24) is 14.3 Å². The van der Waals surface area contributed by atoms with Crippen molar-refractivity contribution in [1.29, 1.82) is 0 Å². The van der Waals surface area contributed by atoms with Gasteiger partial charge in [0.2, 0.25) is 5.13 Å². The van der Waals surface area contributed by atoms with Crippen molar-refractivity contribution >= 4 is 16.7 Å². The summed E-state index contributed by atoms with van der Waals surface area (Å²) in [5.41, 5.74) is -0.611. The van der Waals surface area contributed by atoms with Gasteiger partial charge in [-0.1, -0.05) is 19.3 Å². The molecule has 1 atom stereocenters. The highest BCUT2D eigenvalue weighted by Crippen LogP contribution is 2.34. The molecule has 1 aromatic rings. The lowest BCUT2D eigenvalue weighted by Crippen LogP contribution is -2.42. The topological polar surface area (TPSA) is 52.5 Å². The van der Waals surface area contributed by atoms with Crippen LogP contribution in [0.15, 0.2) is 0 Å². The molecule has 118 valence electrons. The van der Waals surface area contributed by atoms with Crippen LogP contribution in [0.25, 0.3) is 0 Å². The molecule has 1 saturated heterocycles. The molecule has 1 saturated carbocycles. The van der Waals surface area contributed by atoms with E-state index in [-0.39, 0.29) is 0 Å². The first-order valence-electron chi connectivity index (χ1n) is 8.01. The predicted molar refractivity (Wildman–Crippen MR) is 86.1 cm³/mol. The standard InChI is InChI=1S/C15H26N4OS/c1-18(2)10-15(20)8-9-19(11-15)14-16-13(17-21-14)12-6-4-3-5-7-12/h12,20H,3-11H2,1-2H3. The number of β-amino-alcohol motifs (C(OH)–C–C–N with tert-alkyl or cyclic N) is 1. The van der Waals surface area contributed by atoms with Crippen molar-refractivity contribution in [3.05, 3.63) is 5.82 Å². The Morgan fingerprint density at radius 1 is 1.33 bits per heavy atom. The average Bonchev–Trinajstić information content (AvgIpc) is 3.06. The Hall–Kier alpha value is -0.720. The van der Waals surface area contributed by atoms with Crippen LogP contribution >= 0.6 is 11.5 Å². The fourth-order valence-corrected chi connectivity index (χ4v) is 4.39. The number of nitrogens with zero attached hydrogens (tertiary/aromatic N) is 4. The zero-order valence-electron chi connectivity index (χ0n) is 13.1. The molecule has 0 radical (unpaired) electrons. The van der Waals surface area contributed by atoms with Crippen LogP contribution in [0.3, 0.4) is 0 Å². The molecule has 0 spiro atoms. The Kier molecular flexibility index (Phi) is 4.47. The van der Waals surface area contributed by atoms with Crippen LogP contribution in [0, 0.1) is 0 Å². The average molecular weight is 310 g/mol. The summed E-state index contributed by atoms with van der Waals surface area (Å²) in [5.74, 6) is 1.60. The normalized spacial score (nSPS) is 27.7. The molecule has 1 aliphatic heterocycles. The van der Waals surface area contributed by atoms with Gasteiger partial charge in [-0.3, -0.25) is 0 Å². The van der Waals surface area contributed by atoms with Crippen molar-refractivity contribution < 1.29 is 5.11 Å². The minimum absolute atomic E-state index is 0.562. The summed E-state index contributed by atoms with van der Waals surface area (Å²) in [5, 5.41) is 11.6. The first-order valence-corrected chi connectivity index (χ1v) is 8.79. The molecule has 1 unspecified atom stereocenters. The number of aliphatic hydroxyl groups is 1. The van der Waals surface area contributed by atoms with Crippen molar-refractivity contribution in [3.8, 4) is 0 Å². The van der Waals surface area contributed by atoms with E-state index in [9.17, 15) is 5.11 Å². The second-order valence-electron chi connectivity index (χ2n) is 6.90. The number of likely N-dealkylation sites (N-methyl/N-ethyl adjacent to an activating group) is 1. The zero-order valence-corrected chi connectivity index (χ0v) is 13.9. The minimum Gasteiger partial charge on any atom is -0.387 e. The number of hydrogen-bond donors (Lipinski definition) is 1. The zero-order chi connectivity index (χ0) is 14.9. The molecule has 5 nitrogen and oxygen atoms in total. The SMILES string of the molecule is CN(C)CC1(O)CCN(c2nc(C3CCCCC3)ns2)C1. The monoisotopic (exact) mass is 310 g/mol. The highest BCUT2D eigenvalue weighted by Gasteiger charge is 2.38. The van der Waals surface area contributed by atoms with Crippen LogP contribution in [0.1, 0.15) is 50.3 Å². The Balaban J connectivity index is 1.64. The van der Waals surface area contributed by atoms with Gasteiger partial charge in [-0.15, -0.1) is 0 Å². The number of rotatable bonds is 4. The lowest BCUT2D eigenvalue weighted by molar-refractivity contribution is 0.0366. The fraction of sp³-hybridized carbons (Fsp3) is 0.867. The lowest BCUT2D eigenvalue weighted by atomic mass is 9.89. The first-order chi connectivity index (χ1) is 10.1. The van der Waals surface area contributed by atoms with E-state index < -0.39 is 5.60 Å². The second-order valence-corrected chi connectivity index (χ2v) is 7.63. The highest BCUT2D eigenvalue weighted by atomic mass is 32.1. The summed E-state index contributed by atoms with van der Waals surface area (Å²) in [6.45, 7) is 2.26. The molecular formula is C15H26N4OS. The van der Waals surface area contributed by atoms with E-state index in [4.69, 9.17) is 4.98 Å². The maximum Gasteiger partial charge on any atom is 0.205 e. The van der Waals surface area contributed by atoms with Gasteiger partial charge in [0.05, 0.1) is 12.1 Å². The Labute approximate surface area is 131 Å². The maximum absolute atomic E-state index is 10.6. The second kappa shape index (κ2) is 6.18. The summed E-state index contributed by atoms with van der Waals surface area (Å²) >= 11 is 1.50. The van der Waals surface area contributed by atoms with E-state index in [2.05, 4.69) is 14.2 Å². The Morgan fingerprint density at radius 3 is 2.81 bits per heavy atom. The smallest absolute Gasteiger partial charge is 0.205 e. The summed E-state index contributed by atoms with van der Waals surface area (Å²) in [4.78, 5) is 9.02. The molecular weight excluding hydrogens is 284 g/mol. The van der Waals surface area contributed by atoms with Crippen LogP contribution in [-0.4, -0.2) is 58.7 Å². The van der Waals surface area contributed by atoms with Crippen molar-refractivity contribution in [2.24, 2.45) is 0 Å². The van der Waals surface area contributed by atoms with Gasteiger partial charge in [-0.05, 0) is 33.4 Å². The molecule has 3 rings (SSSR count). The summed E-state index contributed by atoms with van der Waals surface area (Å²) < 4.78 is 4.59. The van der Waals surface area contributed by atoms with Crippen molar-refractivity contribution in [2.75, 3.05) is 38.6 Å². The Bertz CT molecular complexity index is 472. The van der Waals surface area contributed by atoms with Gasteiger partial charge in [0.1, 0.15) is 5.82 Å². The molecule has 2 aliphatic rings. The fourth-order valence-electron chi connectivity index (χ4n) is 3.62. The van der Waals surface area contributed by atoms with E-state index >= 15 is 0 Å². The van der Waals surface area contributed by atoms with E-state index in [0.717, 1.165) is 23.9 Å². The van der Waals surface area contributed by atoms with Gasteiger partial charge in [0.15, 0.2) is 0 Å². The maximum atomic E-state index is 10.6. The van der Waals surface area contributed by atoms with Crippen LogP contribution in [-0.2, 0) is 0 Å². The van der Waals surface area contributed by atoms with Gasteiger partial charge in [-0.25, -0.2) is 4.98 Å². The third kappa shape index (κ3) is 3.55. The van der Waals surface area contributed by atoms with E-state index in [1.165, 1.54) is 43.6 Å². The summed E-state index contributed by atoms with van der Waals surface area (Å²) in [6, 6.07) is 0. The molecule has 21 heavy (non-hydrogen) atoms. The molecule has 1 aliphatic carbocycles. The van der Waals surface area contributed by atoms with Gasteiger partial charge >= 0.3 is 0 Å². The molecule has 1 N–H and O–H groups in total. The molecule has 2 fully saturated rings. The summed E-state index contributed by atoms with van der Waals surface area (Å²) in [7, 11) is 4.01. The summed E-state index contributed by atoms with van der Waals surface area (Å²) in [6.07, 6.45) is 7.26. The van der Waals surface area contributed by atoms with Gasteiger partial charge in [0, 0.05) is 30.5 Å².